The van der Waals surface area contributed by atoms with Crippen molar-refractivity contribution in [1.82, 2.24) is 14.7 Å². The first-order valence-corrected chi connectivity index (χ1v) is 18.3. The number of anilines is 1. The quantitative estimate of drug-likeness (QED) is 0.359. The second-order valence-corrected chi connectivity index (χ2v) is 15.3. The highest BCUT2D eigenvalue weighted by Gasteiger charge is 2.50. The first kappa shape index (κ1) is 35.2. The lowest BCUT2D eigenvalue weighted by atomic mass is 9.91. The molecule has 1 N–H and O–H groups in total. The summed E-state index contributed by atoms with van der Waals surface area (Å²) in [6.45, 7) is 5.99. The maximum Gasteiger partial charge on any atom is 0.415 e. The van der Waals surface area contributed by atoms with Crippen LogP contribution in [0.25, 0.3) is 0 Å². The van der Waals surface area contributed by atoms with Gasteiger partial charge in [-0.25, -0.2) is 9.59 Å². The van der Waals surface area contributed by atoms with Crippen LogP contribution in [0, 0.1) is 0 Å². The molecule has 7 rings (SSSR count). The molecule has 0 radical (unpaired) electrons. The number of nitrogens with zero attached hydrogens (tertiary/aromatic N) is 4. The summed E-state index contributed by atoms with van der Waals surface area (Å²) in [5.74, 6) is -1.90. The number of likely N-dealkylation sites (tertiary alicyclic amines) is 2. The molecule has 0 spiro atoms. The molecule has 5 atom stereocenters. The van der Waals surface area contributed by atoms with E-state index < -0.39 is 47.9 Å². The smallest absolute Gasteiger partial charge is 0.415 e. The molecule has 2 saturated heterocycles. The van der Waals surface area contributed by atoms with E-state index in [1.165, 1.54) is 9.80 Å². The molecule has 3 aromatic rings. The topological polar surface area (TPSA) is 128 Å². The van der Waals surface area contributed by atoms with Crippen LogP contribution in [0.1, 0.15) is 81.2 Å². The van der Waals surface area contributed by atoms with Crippen molar-refractivity contribution in [3.8, 4) is 0 Å². The molecule has 2 fully saturated rings. The summed E-state index contributed by atoms with van der Waals surface area (Å²) in [6, 6.07) is 21.4. The molecule has 1 unspecified atom stereocenters. The van der Waals surface area contributed by atoms with Gasteiger partial charge in [-0.1, -0.05) is 72.8 Å². The average Bonchev–Trinajstić information content (AvgIpc) is 3.88. The summed E-state index contributed by atoms with van der Waals surface area (Å²) in [4.78, 5) is 75.9. The highest BCUT2D eigenvalue weighted by atomic mass is 16.6. The number of benzene rings is 3. The van der Waals surface area contributed by atoms with Crippen LogP contribution < -0.4 is 4.90 Å². The molecule has 0 aromatic heterocycles. The van der Waals surface area contributed by atoms with Crippen LogP contribution in [0.15, 0.2) is 78.9 Å². The van der Waals surface area contributed by atoms with Gasteiger partial charge in [0, 0.05) is 32.0 Å². The van der Waals surface area contributed by atoms with Gasteiger partial charge in [0.05, 0.1) is 11.7 Å². The maximum atomic E-state index is 15.1. The fourth-order valence-corrected chi connectivity index (χ4v) is 8.52. The van der Waals surface area contributed by atoms with Gasteiger partial charge in [0.1, 0.15) is 23.7 Å². The number of carbonyl (C=O) groups is 5. The molecule has 0 aliphatic carbocycles. The number of para-hydroxylation sites is 1. The van der Waals surface area contributed by atoms with E-state index in [9.17, 15) is 19.5 Å². The normalized spacial score (nSPS) is 24.0. The number of hydrogen-bond donors (Lipinski definition) is 1. The van der Waals surface area contributed by atoms with Gasteiger partial charge >= 0.3 is 12.1 Å². The summed E-state index contributed by atoms with van der Waals surface area (Å²) < 4.78 is 5.82. The third kappa shape index (κ3) is 6.76. The molecular weight excluding hydrogens is 660 g/mol. The minimum atomic E-state index is -1.02. The van der Waals surface area contributed by atoms with E-state index in [4.69, 9.17) is 4.74 Å². The van der Waals surface area contributed by atoms with Crippen molar-refractivity contribution in [1.29, 1.82) is 0 Å². The Morgan fingerprint density at radius 1 is 0.731 bits per heavy atom. The standard InChI is InChI=1S/C41H46N4O7/c1-41(2,3)52-40(51)45-31-17-10-9-15-28(31)23-35(45)38(48)44-32(26-12-5-4-6-13-26)19-20-33(44)37(47)43-25-29-16-8-7-14-27(29)22-30(43)24-36(46)42-21-11-18-34(42)39(49)50/h4-10,12-17,30,32-35H,11,18-25H2,1-3H3,(H,49,50)/t30-,32+,33-,34?,35-/m1/s1. The lowest BCUT2D eigenvalue weighted by molar-refractivity contribution is -0.151. The van der Waals surface area contributed by atoms with Crippen LogP contribution in [0.3, 0.4) is 0 Å². The zero-order valence-corrected chi connectivity index (χ0v) is 29.9. The number of ether oxygens (including phenoxy) is 1. The molecule has 4 amide bonds. The van der Waals surface area contributed by atoms with Crippen molar-refractivity contribution >= 4 is 35.5 Å². The van der Waals surface area contributed by atoms with Crippen LogP contribution in [0.4, 0.5) is 10.5 Å². The van der Waals surface area contributed by atoms with Crippen molar-refractivity contribution in [2.45, 2.75) is 108 Å². The number of aliphatic carboxylic acids is 1. The first-order chi connectivity index (χ1) is 24.9. The van der Waals surface area contributed by atoms with Gasteiger partial charge in [-0.05, 0) is 81.2 Å². The average molecular weight is 707 g/mol. The number of carboxylic acids is 1. The van der Waals surface area contributed by atoms with E-state index in [2.05, 4.69) is 0 Å². The Bertz CT molecular complexity index is 1870. The molecule has 4 aliphatic rings. The van der Waals surface area contributed by atoms with E-state index in [1.807, 2.05) is 78.9 Å². The first-order valence-electron chi connectivity index (χ1n) is 18.3. The molecule has 11 nitrogen and oxygen atoms in total. The van der Waals surface area contributed by atoms with Crippen LogP contribution in [0.2, 0.25) is 0 Å². The predicted molar refractivity (Wildman–Crippen MR) is 193 cm³/mol. The Balaban J connectivity index is 1.23. The van der Waals surface area contributed by atoms with E-state index in [0.717, 1.165) is 22.3 Å². The van der Waals surface area contributed by atoms with Crippen LogP contribution >= 0.6 is 0 Å². The molecule has 52 heavy (non-hydrogen) atoms. The Labute approximate surface area is 304 Å². The van der Waals surface area contributed by atoms with Crippen LogP contribution in [0.5, 0.6) is 0 Å². The summed E-state index contributed by atoms with van der Waals surface area (Å²) in [6.07, 6.45) is 2.04. The summed E-state index contributed by atoms with van der Waals surface area (Å²) in [5, 5.41) is 9.78. The van der Waals surface area contributed by atoms with Crippen LogP contribution in [-0.2, 0) is 43.3 Å². The largest absolute Gasteiger partial charge is 0.480 e. The van der Waals surface area contributed by atoms with Gasteiger partial charge in [-0.15, -0.1) is 0 Å². The predicted octanol–water partition coefficient (Wildman–Crippen LogP) is 5.50. The fraction of sp³-hybridized carbons (Fsp3) is 0.439. The second kappa shape index (κ2) is 14.1. The summed E-state index contributed by atoms with van der Waals surface area (Å²) in [5.41, 5.74) is 3.58. The zero-order valence-electron chi connectivity index (χ0n) is 29.9. The Morgan fingerprint density at radius 2 is 1.40 bits per heavy atom. The number of carbonyl (C=O) groups excluding carboxylic acids is 4. The number of amides is 4. The second-order valence-electron chi connectivity index (χ2n) is 15.3. The van der Waals surface area contributed by atoms with Gasteiger partial charge in [0.2, 0.25) is 17.7 Å². The highest BCUT2D eigenvalue weighted by molar-refractivity contribution is 6.02. The molecule has 272 valence electrons. The van der Waals surface area contributed by atoms with Crippen molar-refractivity contribution in [3.05, 3.63) is 101 Å². The van der Waals surface area contributed by atoms with Gasteiger partial charge in [0.15, 0.2) is 0 Å². The van der Waals surface area contributed by atoms with Gasteiger partial charge in [-0.3, -0.25) is 19.3 Å². The van der Waals surface area contributed by atoms with Crippen molar-refractivity contribution in [3.63, 3.8) is 0 Å². The van der Waals surface area contributed by atoms with E-state index in [0.29, 0.717) is 44.3 Å². The molecule has 11 heteroatoms. The number of hydrogen-bond acceptors (Lipinski definition) is 6. The molecule has 4 aliphatic heterocycles. The third-order valence-corrected chi connectivity index (χ3v) is 10.9. The molecular formula is C41H46N4O7. The van der Waals surface area contributed by atoms with Crippen molar-refractivity contribution < 1.29 is 33.8 Å². The van der Waals surface area contributed by atoms with E-state index in [-0.39, 0.29) is 37.1 Å². The van der Waals surface area contributed by atoms with Gasteiger partial charge in [0.25, 0.3) is 0 Å². The Hall–Kier alpha value is -5.19. The Kier molecular flexibility index (Phi) is 9.54. The monoisotopic (exact) mass is 706 g/mol. The molecule has 0 bridgehead atoms. The van der Waals surface area contributed by atoms with Gasteiger partial charge < -0.3 is 24.5 Å². The minimum Gasteiger partial charge on any atom is -0.480 e. The Morgan fingerprint density at radius 3 is 2.12 bits per heavy atom. The third-order valence-electron chi connectivity index (χ3n) is 10.9. The molecule has 4 heterocycles. The number of fused-ring (bicyclic) bond motifs is 2. The number of rotatable bonds is 6. The zero-order chi connectivity index (χ0) is 36.7. The van der Waals surface area contributed by atoms with Crippen LogP contribution in [-0.4, -0.2) is 85.9 Å². The van der Waals surface area contributed by atoms with E-state index >= 15 is 9.59 Å². The minimum absolute atomic E-state index is 0.0169. The highest BCUT2D eigenvalue weighted by Crippen LogP contribution is 2.42. The molecule has 3 aromatic carbocycles. The SMILES string of the molecule is CC(C)(C)OC(=O)N1c2ccccc2C[C@@H]1C(=O)N1[C@@H](C(=O)N2Cc3ccccc3C[C@@H]2CC(=O)N2CCCC2C(=O)O)CC[C@H]1c1ccccc1. The lowest BCUT2D eigenvalue weighted by Gasteiger charge is -2.41. The van der Waals surface area contributed by atoms with Gasteiger partial charge in [-0.2, -0.15) is 0 Å². The number of carboxylic acid groups (broad SMARTS) is 1. The van der Waals surface area contributed by atoms with Crippen molar-refractivity contribution in [2.24, 2.45) is 0 Å². The lowest BCUT2D eigenvalue weighted by Crippen LogP contribution is -2.57. The van der Waals surface area contributed by atoms with Crippen molar-refractivity contribution in [2.75, 3.05) is 11.4 Å². The fourth-order valence-electron chi connectivity index (χ4n) is 8.52. The maximum absolute atomic E-state index is 15.1. The summed E-state index contributed by atoms with van der Waals surface area (Å²) in [7, 11) is 0. The summed E-state index contributed by atoms with van der Waals surface area (Å²) >= 11 is 0. The molecule has 0 saturated carbocycles. The van der Waals surface area contributed by atoms with E-state index in [1.54, 1.807) is 30.6 Å².